The maximum absolute atomic E-state index is 13.5. The Morgan fingerprint density at radius 1 is 1.10 bits per heavy atom. The molecule has 0 unspecified atom stereocenters. The van der Waals surface area contributed by atoms with Gasteiger partial charge in [-0.25, -0.2) is 9.37 Å². The van der Waals surface area contributed by atoms with Gasteiger partial charge in [-0.15, -0.1) is 0 Å². The molecule has 0 atom stereocenters. The first-order valence-corrected chi connectivity index (χ1v) is 7.33. The molecule has 1 spiro atoms. The molecule has 5 heteroatoms. The topological polar surface area (TPSA) is 34.6 Å². The van der Waals surface area contributed by atoms with Crippen LogP contribution in [0.25, 0.3) is 10.8 Å². The van der Waals surface area contributed by atoms with Gasteiger partial charge in [0.2, 0.25) is 0 Å². The number of anilines is 1. The monoisotopic (exact) mass is 288 g/mol. The minimum absolute atomic E-state index is 0.229. The molecule has 2 aliphatic rings. The number of pyridine rings is 1. The Morgan fingerprint density at radius 3 is 2.62 bits per heavy atom. The van der Waals surface area contributed by atoms with Crippen molar-refractivity contribution in [1.82, 2.24) is 4.98 Å². The van der Waals surface area contributed by atoms with Crippen LogP contribution >= 0.6 is 0 Å². The van der Waals surface area contributed by atoms with E-state index in [1.807, 2.05) is 6.07 Å². The zero-order valence-electron chi connectivity index (χ0n) is 11.7. The summed E-state index contributed by atoms with van der Waals surface area (Å²) in [6, 6.07) is 6.75. The van der Waals surface area contributed by atoms with Gasteiger partial charge >= 0.3 is 0 Å². The maximum atomic E-state index is 13.5. The molecule has 0 saturated carbocycles. The van der Waals surface area contributed by atoms with Crippen molar-refractivity contribution in [2.45, 2.75) is 18.6 Å². The van der Waals surface area contributed by atoms with Gasteiger partial charge in [-0.1, -0.05) is 6.07 Å². The molecule has 110 valence electrons. The van der Waals surface area contributed by atoms with Crippen molar-refractivity contribution < 1.29 is 13.9 Å². The van der Waals surface area contributed by atoms with Gasteiger partial charge in [0.25, 0.3) is 0 Å². The summed E-state index contributed by atoms with van der Waals surface area (Å²) in [5, 5.41) is 1.87. The molecule has 3 heterocycles. The third kappa shape index (κ3) is 2.26. The molecule has 21 heavy (non-hydrogen) atoms. The molecule has 2 fully saturated rings. The van der Waals surface area contributed by atoms with Crippen LogP contribution in [0.5, 0.6) is 0 Å². The van der Waals surface area contributed by atoms with E-state index < -0.39 is 5.79 Å². The Balaban J connectivity index is 1.64. The van der Waals surface area contributed by atoms with E-state index in [1.165, 1.54) is 6.07 Å². The minimum Gasteiger partial charge on any atom is -0.356 e. The van der Waals surface area contributed by atoms with E-state index >= 15 is 0 Å². The Kier molecular flexibility index (Phi) is 3.05. The highest BCUT2D eigenvalue weighted by Crippen LogP contribution is 2.34. The van der Waals surface area contributed by atoms with Crippen molar-refractivity contribution in [2.24, 2.45) is 0 Å². The van der Waals surface area contributed by atoms with Gasteiger partial charge in [0, 0.05) is 37.5 Å². The summed E-state index contributed by atoms with van der Waals surface area (Å²) in [7, 11) is 0. The van der Waals surface area contributed by atoms with Gasteiger partial charge in [-0.05, 0) is 23.6 Å². The van der Waals surface area contributed by atoms with Crippen LogP contribution in [0.1, 0.15) is 12.8 Å². The largest absolute Gasteiger partial charge is 0.356 e. The van der Waals surface area contributed by atoms with Crippen molar-refractivity contribution in [2.75, 3.05) is 31.2 Å². The van der Waals surface area contributed by atoms with E-state index in [2.05, 4.69) is 9.88 Å². The van der Waals surface area contributed by atoms with Crippen LogP contribution in [-0.2, 0) is 9.47 Å². The summed E-state index contributed by atoms with van der Waals surface area (Å²) in [5.41, 5.74) is 0. The second kappa shape index (κ2) is 4.93. The van der Waals surface area contributed by atoms with Crippen molar-refractivity contribution in [1.29, 1.82) is 0 Å². The predicted octanol–water partition coefficient (Wildman–Crippen LogP) is 2.72. The smallest absolute Gasteiger partial charge is 0.171 e. The molecular weight excluding hydrogens is 271 g/mol. The predicted molar refractivity (Wildman–Crippen MR) is 77.8 cm³/mol. The highest BCUT2D eigenvalue weighted by Gasteiger charge is 2.40. The molecule has 4 nitrogen and oxygen atoms in total. The van der Waals surface area contributed by atoms with Gasteiger partial charge in [-0.3, -0.25) is 0 Å². The van der Waals surface area contributed by atoms with Gasteiger partial charge in [0.15, 0.2) is 5.79 Å². The molecule has 2 aromatic rings. The summed E-state index contributed by atoms with van der Waals surface area (Å²) in [4.78, 5) is 6.66. The summed E-state index contributed by atoms with van der Waals surface area (Å²) in [6.45, 7) is 2.97. The average molecular weight is 288 g/mol. The third-order valence-electron chi connectivity index (χ3n) is 4.35. The zero-order chi connectivity index (χ0) is 14.3. The standard InChI is InChI=1S/C16H17FN2O2/c17-13-2-1-12-3-6-18-15(14(12)11-13)19-7-4-16(5-8-19)20-9-10-21-16/h1-3,6,11H,4-5,7-10H2. The third-order valence-corrected chi connectivity index (χ3v) is 4.35. The number of nitrogens with zero attached hydrogens (tertiary/aromatic N) is 2. The van der Waals surface area contributed by atoms with Crippen molar-refractivity contribution in [3.05, 3.63) is 36.3 Å². The molecule has 0 aliphatic carbocycles. The first kappa shape index (κ1) is 13.0. The lowest BCUT2D eigenvalue weighted by Gasteiger charge is -2.38. The van der Waals surface area contributed by atoms with Crippen LogP contribution < -0.4 is 4.90 Å². The SMILES string of the molecule is Fc1ccc2ccnc(N3CCC4(CC3)OCCO4)c2c1. The molecule has 0 N–H and O–H groups in total. The fourth-order valence-electron chi connectivity index (χ4n) is 3.22. The lowest BCUT2D eigenvalue weighted by molar-refractivity contribution is -0.169. The fourth-order valence-corrected chi connectivity index (χ4v) is 3.22. The van der Waals surface area contributed by atoms with Crippen LogP contribution in [0.4, 0.5) is 10.2 Å². The van der Waals surface area contributed by atoms with Crippen LogP contribution in [-0.4, -0.2) is 37.1 Å². The van der Waals surface area contributed by atoms with Gasteiger partial charge in [0.05, 0.1) is 13.2 Å². The number of aromatic nitrogens is 1. The lowest BCUT2D eigenvalue weighted by atomic mass is 10.0. The second-order valence-electron chi connectivity index (χ2n) is 5.59. The maximum Gasteiger partial charge on any atom is 0.171 e. The molecule has 2 saturated heterocycles. The Bertz CT molecular complexity index is 660. The average Bonchev–Trinajstić information content (AvgIpc) is 2.96. The number of rotatable bonds is 1. The molecule has 2 aliphatic heterocycles. The first-order valence-electron chi connectivity index (χ1n) is 7.33. The van der Waals surface area contributed by atoms with E-state index in [9.17, 15) is 4.39 Å². The van der Waals surface area contributed by atoms with Gasteiger partial charge < -0.3 is 14.4 Å². The summed E-state index contributed by atoms with van der Waals surface area (Å²) in [5.74, 6) is 0.222. The number of fused-ring (bicyclic) bond motifs is 1. The molecule has 1 aromatic heterocycles. The molecule has 1 aromatic carbocycles. The van der Waals surface area contributed by atoms with Gasteiger partial charge in [-0.2, -0.15) is 0 Å². The van der Waals surface area contributed by atoms with Crippen LogP contribution in [0.15, 0.2) is 30.5 Å². The molecule has 0 radical (unpaired) electrons. The lowest BCUT2D eigenvalue weighted by Crippen LogP contribution is -2.45. The summed E-state index contributed by atoms with van der Waals surface area (Å²) < 4.78 is 25.0. The molecule has 0 amide bonds. The van der Waals surface area contributed by atoms with Crippen LogP contribution in [0.2, 0.25) is 0 Å². The number of ether oxygens (including phenoxy) is 2. The molecule has 4 rings (SSSR count). The second-order valence-corrected chi connectivity index (χ2v) is 5.59. The highest BCUT2D eigenvalue weighted by molar-refractivity contribution is 5.92. The highest BCUT2D eigenvalue weighted by atomic mass is 19.1. The quantitative estimate of drug-likeness (QED) is 0.808. The number of hydrogen-bond acceptors (Lipinski definition) is 4. The minimum atomic E-state index is -0.396. The van der Waals surface area contributed by atoms with Crippen molar-refractivity contribution >= 4 is 16.6 Å². The summed E-state index contributed by atoms with van der Waals surface area (Å²) >= 11 is 0. The van der Waals surface area contributed by atoms with E-state index in [0.29, 0.717) is 13.2 Å². The Labute approximate surface area is 122 Å². The van der Waals surface area contributed by atoms with E-state index in [1.54, 1.807) is 18.3 Å². The number of halogens is 1. The fraction of sp³-hybridized carbons (Fsp3) is 0.438. The van der Waals surface area contributed by atoms with Crippen LogP contribution in [0.3, 0.4) is 0 Å². The number of piperidine rings is 1. The van der Waals surface area contributed by atoms with Crippen LogP contribution in [0, 0.1) is 5.82 Å². The summed E-state index contributed by atoms with van der Waals surface area (Å²) in [6.07, 6.45) is 3.42. The van der Waals surface area contributed by atoms with Crippen molar-refractivity contribution in [3.8, 4) is 0 Å². The van der Waals surface area contributed by atoms with E-state index in [0.717, 1.165) is 42.5 Å². The molecular formula is C16H17FN2O2. The number of hydrogen-bond donors (Lipinski definition) is 0. The normalized spacial score (nSPS) is 21.3. The number of benzene rings is 1. The first-order chi connectivity index (χ1) is 10.3. The van der Waals surface area contributed by atoms with E-state index in [-0.39, 0.29) is 5.82 Å². The van der Waals surface area contributed by atoms with Gasteiger partial charge in [0.1, 0.15) is 11.6 Å². The Morgan fingerprint density at radius 2 is 1.86 bits per heavy atom. The molecule has 0 bridgehead atoms. The zero-order valence-corrected chi connectivity index (χ0v) is 11.7. The van der Waals surface area contributed by atoms with Crippen molar-refractivity contribution in [3.63, 3.8) is 0 Å². The Hall–Kier alpha value is -1.72. The van der Waals surface area contributed by atoms with E-state index in [4.69, 9.17) is 9.47 Å².